The molecule has 2 heterocycles. The van der Waals surface area contributed by atoms with Gasteiger partial charge in [-0.15, -0.1) is 10.2 Å². The number of ether oxygens (including phenoxy) is 2. The van der Waals surface area contributed by atoms with Crippen LogP contribution in [0.3, 0.4) is 0 Å². The maximum atomic E-state index is 12.4. The van der Waals surface area contributed by atoms with E-state index in [4.69, 9.17) is 21.1 Å². The van der Waals surface area contributed by atoms with Gasteiger partial charge in [-0.25, -0.2) is 9.78 Å². The molecule has 4 aromatic rings. The predicted molar refractivity (Wildman–Crippen MR) is 125 cm³/mol. The molecule has 33 heavy (non-hydrogen) atoms. The minimum Gasteiger partial charge on any atom is -0.510 e. The lowest BCUT2D eigenvalue weighted by Gasteiger charge is -2.08. The number of H-pyrrole nitrogens is 1. The Balaban J connectivity index is 1.49. The normalized spacial score (nSPS) is 12.0. The van der Waals surface area contributed by atoms with Crippen molar-refractivity contribution in [2.45, 2.75) is 11.8 Å². The fourth-order valence-corrected chi connectivity index (χ4v) is 3.94. The summed E-state index contributed by atoms with van der Waals surface area (Å²) in [7, 11) is 3.05. The van der Waals surface area contributed by atoms with Crippen molar-refractivity contribution in [1.82, 2.24) is 24.7 Å². The third kappa shape index (κ3) is 5.12. The van der Waals surface area contributed by atoms with Gasteiger partial charge in [0.15, 0.2) is 11.0 Å². The minimum atomic E-state index is -0.692. The van der Waals surface area contributed by atoms with Crippen molar-refractivity contribution in [3.05, 3.63) is 71.0 Å². The summed E-state index contributed by atoms with van der Waals surface area (Å²) in [5.41, 5.74) is 1.38. The van der Waals surface area contributed by atoms with Crippen LogP contribution in [0.15, 0.2) is 59.4 Å². The van der Waals surface area contributed by atoms with Crippen LogP contribution in [-0.2, 0) is 23.2 Å². The second kappa shape index (κ2) is 9.97. The quantitative estimate of drug-likeness (QED) is 0.165. The zero-order valence-electron chi connectivity index (χ0n) is 17.8. The Morgan fingerprint density at radius 2 is 1.94 bits per heavy atom. The lowest BCUT2D eigenvalue weighted by atomic mass is 10.2. The second-order valence-electron chi connectivity index (χ2n) is 6.90. The number of rotatable bonds is 8. The molecule has 11 heteroatoms. The molecule has 0 aliphatic rings. The monoisotopic (exact) mass is 485 g/mol. The molecular weight excluding hydrogens is 466 g/mol. The Morgan fingerprint density at radius 1 is 1.18 bits per heavy atom. The lowest BCUT2D eigenvalue weighted by Crippen LogP contribution is -2.10. The van der Waals surface area contributed by atoms with Crippen LogP contribution < -0.4 is 4.74 Å². The van der Waals surface area contributed by atoms with Crippen molar-refractivity contribution in [2.24, 2.45) is 7.05 Å². The van der Waals surface area contributed by atoms with E-state index in [1.807, 2.05) is 24.3 Å². The van der Waals surface area contributed by atoms with Crippen LogP contribution in [-0.4, -0.2) is 48.7 Å². The zero-order chi connectivity index (χ0) is 23.4. The molecule has 0 saturated heterocycles. The molecule has 0 saturated carbocycles. The number of benzene rings is 2. The summed E-state index contributed by atoms with van der Waals surface area (Å²) in [5, 5.41) is 20.2. The number of esters is 1. The Bertz CT molecular complexity index is 1280. The number of hydrogen-bond acceptors (Lipinski definition) is 8. The van der Waals surface area contributed by atoms with Crippen LogP contribution in [0, 0.1) is 0 Å². The zero-order valence-corrected chi connectivity index (χ0v) is 19.4. The molecule has 0 unspecified atom stereocenters. The summed E-state index contributed by atoms with van der Waals surface area (Å²) in [5.74, 6) is 0.671. The molecule has 4 rings (SSSR count). The number of fused-ring (bicyclic) bond motifs is 1. The van der Waals surface area contributed by atoms with E-state index in [9.17, 15) is 9.90 Å². The molecule has 0 aliphatic carbocycles. The summed E-state index contributed by atoms with van der Waals surface area (Å²) in [6.07, 6.45) is 0. The number of carbonyl (C=O) groups is 1. The number of aromatic amines is 1. The molecule has 2 N–H and O–H groups in total. The van der Waals surface area contributed by atoms with Crippen LogP contribution in [0.5, 0.6) is 5.75 Å². The molecule has 2 aromatic heterocycles. The number of aliphatic hydroxyl groups is 1. The molecule has 0 radical (unpaired) electrons. The van der Waals surface area contributed by atoms with Crippen LogP contribution in [0.1, 0.15) is 11.6 Å². The first kappa shape index (κ1) is 22.7. The van der Waals surface area contributed by atoms with E-state index in [1.54, 1.807) is 35.9 Å². The van der Waals surface area contributed by atoms with Crippen molar-refractivity contribution in [2.75, 3.05) is 12.9 Å². The number of carbonyl (C=O) groups excluding carboxylic acids is 1. The van der Waals surface area contributed by atoms with Crippen LogP contribution in [0.2, 0.25) is 5.02 Å². The molecule has 0 aliphatic heterocycles. The number of aromatic nitrogens is 5. The van der Waals surface area contributed by atoms with Gasteiger partial charge in [0.1, 0.15) is 29.5 Å². The molecular formula is C22H20ClN5O4S. The Hall–Kier alpha value is -3.50. The highest BCUT2D eigenvalue weighted by atomic mass is 35.5. The number of nitrogens with one attached hydrogen (secondary N) is 1. The summed E-state index contributed by atoms with van der Waals surface area (Å²) >= 11 is 7.10. The van der Waals surface area contributed by atoms with Gasteiger partial charge >= 0.3 is 5.97 Å². The van der Waals surface area contributed by atoms with Crippen LogP contribution >= 0.6 is 23.4 Å². The van der Waals surface area contributed by atoms with E-state index < -0.39 is 5.97 Å². The number of halogens is 1. The van der Waals surface area contributed by atoms with E-state index in [1.165, 1.54) is 18.9 Å². The largest absolute Gasteiger partial charge is 0.510 e. The van der Waals surface area contributed by atoms with Gasteiger partial charge in [0.05, 0.1) is 23.9 Å². The third-order valence-electron chi connectivity index (χ3n) is 4.75. The molecule has 9 nitrogen and oxygen atoms in total. The average molecular weight is 486 g/mol. The Morgan fingerprint density at radius 3 is 2.67 bits per heavy atom. The van der Waals surface area contributed by atoms with Crippen LogP contribution in [0.25, 0.3) is 16.6 Å². The minimum absolute atomic E-state index is 0.0327. The van der Waals surface area contributed by atoms with E-state index in [-0.39, 0.29) is 29.5 Å². The van der Waals surface area contributed by atoms with E-state index in [0.29, 0.717) is 27.3 Å². The summed E-state index contributed by atoms with van der Waals surface area (Å²) < 4.78 is 12.3. The maximum Gasteiger partial charge on any atom is 0.345 e. The van der Waals surface area contributed by atoms with Crippen molar-refractivity contribution in [3.63, 3.8) is 0 Å². The summed E-state index contributed by atoms with van der Waals surface area (Å²) in [6, 6.07) is 14.3. The third-order valence-corrected chi connectivity index (χ3v) is 6.03. The van der Waals surface area contributed by atoms with Crippen LogP contribution in [0.4, 0.5) is 0 Å². The van der Waals surface area contributed by atoms with E-state index in [2.05, 4.69) is 20.2 Å². The number of methoxy groups -OCH3 is 1. The van der Waals surface area contributed by atoms with Gasteiger partial charge in [-0.2, -0.15) is 0 Å². The van der Waals surface area contributed by atoms with Gasteiger partial charge in [0.2, 0.25) is 0 Å². The topological polar surface area (TPSA) is 115 Å². The molecule has 0 fully saturated rings. The van der Waals surface area contributed by atoms with Crippen molar-refractivity contribution >= 4 is 45.9 Å². The summed E-state index contributed by atoms with van der Waals surface area (Å²) in [6.45, 7) is 0.208. The molecule has 0 spiro atoms. The van der Waals surface area contributed by atoms with Gasteiger partial charge in [0, 0.05) is 12.1 Å². The van der Waals surface area contributed by atoms with Gasteiger partial charge in [0.25, 0.3) is 0 Å². The second-order valence-corrected chi connectivity index (χ2v) is 8.28. The molecule has 170 valence electrons. The fraction of sp³-hybridized carbons (Fsp3) is 0.182. The lowest BCUT2D eigenvalue weighted by molar-refractivity contribution is -0.133. The molecule has 0 amide bonds. The van der Waals surface area contributed by atoms with Crippen molar-refractivity contribution < 1.29 is 19.4 Å². The average Bonchev–Trinajstić information content (AvgIpc) is 3.40. The fourth-order valence-electron chi connectivity index (χ4n) is 3.00. The first-order valence-corrected chi connectivity index (χ1v) is 11.2. The number of aliphatic hydroxyl groups excluding tert-OH is 1. The van der Waals surface area contributed by atoms with E-state index in [0.717, 1.165) is 5.52 Å². The standard InChI is InChI=1S/C22H20ClN5O4S/c1-28-18(11-32-14-9-7-13(23)8-10-14)26-27-22(28)33-12-17(29)19(21(30)31-2)20-24-15-5-3-4-6-16(15)25-20/h3-10,29H,11-12H2,1-2H3,(H,24,25)/b19-17+. The Labute approximate surface area is 198 Å². The predicted octanol–water partition coefficient (Wildman–Crippen LogP) is 4.16. The first-order valence-electron chi connectivity index (χ1n) is 9.81. The highest BCUT2D eigenvalue weighted by molar-refractivity contribution is 7.99. The highest BCUT2D eigenvalue weighted by Gasteiger charge is 2.23. The first-order chi connectivity index (χ1) is 16.0. The maximum absolute atomic E-state index is 12.4. The molecule has 0 bridgehead atoms. The highest BCUT2D eigenvalue weighted by Crippen LogP contribution is 2.25. The summed E-state index contributed by atoms with van der Waals surface area (Å²) in [4.78, 5) is 19.8. The van der Waals surface area contributed by atoms with Gasteiger partial charge in [-0.1, -0.05) is 35.5 Å². The number of hydrogen-bond donors (Lipinski definition) is 2. The van der Waals surface area contributed by atoms with Crippen molar-refractivity contribution in [3.8, 4) is 5.75 Å². The van der Waals surface area contributed by atoms with Gasteiger partial charge in [-0.3, -0.25) is 0 Å². The number of para-hydroxylation sites is 2. The number of imidazole rings is 1. The Kier molecular flexibility index (Phi) is 6.85. The SMILES string of the molecule is COC(=O)/C(=C(/O)CSc1nnc(COc2ccc(Cl)cc2)n1C)c1nc2ccccc2[nH]1. The van der Waals surface area contributed by atoms with Gasteiger partial charge < -0.3 is 24.1 Å². The molecule has 2 aromatic carbocycles. The molecule has 0 atom stereocenters. The van der Waals surface area contributed by atoms with Gasteiger partial charge in [-0.05, 0) is 36.4 Å². The number of thioether (sulfide) groups is 1. The van der Waals surface area contributed by atoms with Crippen molar-refractivity contribution in [1.29, 1.82) is 0 Å². The van der Waals surface area contributed by atoms with E-state index >= 15 is 0 Å². The number of nitrogens with zero attached hydrogens (tertiary/aromatic N) is 4. The smallest absolute Gasteiger partial charge is 0.345 e.